The van der Waals surface area contributed by atoms with Gasteiger partial charge in [-0.05, 0) is 12.1 Å². The Morgan fingerprint density at radius 1 is 1.44 bits per heavy atom. The second-order valence-electron chi connectivity index (χ2n) is 4.12. The molecule has 0 atom stereocenters. The molecule has 6 heteroatoms. The van der Waals surface area contributed by atoms with E-state index in [1.165, 1.54) is 6.07 Å². The van der Waals surface area contributed by atoms with Crippen LogP contribution >= 0.6 is 12.4 Å². The van der Waals surface area contributed by atoms with Crippen molar-refractivity contribution < 1.29 is 14.6 Å². The maximum absolute atomic E-state index is 11.1. The summed E-state index contributed by atoms with van der Waals surface area (Å²) in [6.45, 7) is 3.98. The van der Waals surface area contributed by atoms with Gasteiger partial charge in [0.2, 0.25) is 0 Å². The van der Waals surface area contributed by atoms with Gasteiger partial charge >= 0.3 is 5.97 Å². The van der Waals surface area contributed by atoms with Crippen molar-refractivity contribution in [1.82, 2.24) is 9.97 Å². The number of aromatic carboxylic acids is 1. The van der Waals surface area contributed by atoms with Crippen molar-refractivity contribution in [2.75, 3.05) is 7.11 Å². The van der Waals surface area contributed by atoms with Gasteiger partial charge in [-0.15, -0.1) is 12.4 Å². The minimum absolute atomic E-state index is 0. The number of carboxylic acid groups (broad SMARTS) is 1. The summed E-state index contributed by atoms with van der Waals surface area (Å²) in [6.07, 6.45) is 0. The zero-order chi connectivity index (χ0) is 12.6. The topological polar surface area (TPSA) is 75.2 Å². The SMILES string of the molecule is COc1ccc(C(=O)O)c2nc(C(C)C)[nH]c12.Cl. The van der Waals surface area contributed by atoms with Crippen LogP contribution < -0.4 is 4.74 Å². The number of carbonyl (C=O) groups is 1. The molecular formula is C12H15ClN2O3. The number of halogens is 1. The third-order valence-electron chi connectivity index (χ3n) is 2.62. The standard InChI is InChI=1S/C12H14N2O3.ClH/c1-6(2)11-13-9-7(12(15)16)4-5-8(17-3)10(9)14-11;/h4-6H,1-3H3,(H,13,14)(H,15,16);1H. The zero-order valence-corrected chi connectivity index (χ0v) is 11.2. The van der Waals surface area contributed by atoms with E-state index in [0.717, 1.165) is 5.82 Å². The van der Waals surface area contributed by atoms with Gasteiger partial charge in [-0.3, -0.25) is 0 Å². The Morgan fingerprint density at radius 3 is 2.61 bits per heavy atom. The predicted octanol–water partition coefficient (Wildman–Crippen LogP) is 2.81. The number of hydrogen-bond donors (Lipinski definition) is 2. The summed E-state index contributed by atoms with van der Waals surface area (Å²) in [5, 5.41) is 9.10. The minimum Gasteiger partial charge on any atom is -0.494 e. The number of hydrogen-bond acceptors (Lipinski definition) is 3. The number of imidazole rings is 1. The summed E-state index contributed by atoms with van der Waals surface area (Å²) in [5.74, 6) is 0.574. The zero-order valence-electron chi connectivity index (χ0n) is 10.4. The largest absolute Gasteiger partial charge is 0.494 e. The number of aromatic amines is 1. The number of rotatable bonds is 3. The van der Waals surface area contributed by atoms with Crippen LogP contribution in [0.2, 0.25) is 0 Å². The first-order valence-corrected chi connectivity index (χ1v) is 5.34. The molecule has 0 radical (unpaired) electrons. The Morgan fingerprint density at radius 2 is 2.11 bits per heavy atom. The second-order valence-corrected chi connectivity index (χ2v) is 4.12. The molecule has 0 amide bonds. The van der Waals surface area contributed by atoms with E-state index in [1.807, 2.05) is 13.8 Å². The average molecular weight is 271 g/mol. The van der Waals surface area contributed by atoms with Crippen molar-refractivity contribution in [3.63, 3.8) is 0 Å². The molecule has 0 saturated carbocycles. The molecule has 0 aliphatic carbocycles. The fourth-order valence-corrected chi connectivity index (χ4v) is 1.70. The molecule has 5 nitrogen and oxygen atoms in total. The normalized spacial score (nSPS) is 10.4. The Labute approximate surface area is 111 Å². The van der Waals surface area contributed by atoms with E-state index in [2.05, 4.69) is 9.97 Å². The number of methoxy groups -OCH3 is 1. The van der Waals surface area contributed by atoms with Crippen LogP contribution in [0.5, 0.6) is 5.75 Å². The van der Waals surface area contributed by atoms with Crippen LogP contribution in [-0.2, 0) is 0 Å². The van der Waals surface area contributed by atoms with Crippen molar-refractivity contribution in [3.05, 3.63) is 23.5 Å². The van der Waals surface area contributed by atoms with Gasteiger partial charge in [0.15, 0.2) is 0 Å². The van der Waals surface area contributed by atoms with E-state index in [4.69, 9.17) is 9.84 Å². The molecule has 2 rings (SSSR count). The molecule has 0 bridgehead atoms. The molecule has 1 aromatic heterocycles. The molecule has 2 N–H and O–H groups in total. The van der Waals surface area contributed by atoms with E-state index in [1.54, 1.807) is 13.2 Å². The first kappa shape index (κ1) is 14.3. The molecule has 1 heterocycles. The fraction of sp³-hybridized carbons (Fsp3) is 0.333. The van der Waals surface area contributed by atoms with Crippen LogP contribution in [0.25, 0.3) is 11.0 Å². The molecule has 0 aliphatic rings. The number of ether oxygens (including phenoxy) is 1. The molecule has 0 saturated heterocycles. The summed E-state index contributed by atoms with van der Waals surface area (Å²) in [7, 11) is 1.55. The van der Waals surface area contributed by atoms with Crippen molar-refractivity contribution in [2.45, 2.75) is 19.8 Å². The van der Waals surface area contributed by atoms with E-state index < -0.39 is 5.97 Å². The number of benzene rings is 1. The van der Waals surface area contributed by atoms with Crippen molar-refractivity contribution in [3.8, 4) is 5.75 Å². The number of nitrogens with one attached hydrogen (secondary N) is 1. The van der Waals surface area contributed by atoms with Gasteiger partial charge in [0.25, 0.3) is 0 Å². The highest BCUT2D eigenvalue weighted by Gasteiger charge is 2.17. The lowest BCUT2D eigenvalue weighted by Crippen LogP contribution is -1.98. The molecule has 2 aromatic rings. The van der Waals surface area contributed by atoms with Crippen LogP contribution in [0.3, 0.4) is 0 Å². The van der Waals surface area contributed by atoms with Gasteiger partial charge in [-0.2, -0.15) is 0 Å². The highest BCUT2D eigenvalue weighted by molar-refractivity contribution is 6.02. The predicted molar refractivity (Wildman–Crippen MR) is 70.9 cm³/mol. The van der Waals surface area contributed by atoms with Crippen LogP contribution in [0, 0.1) is 0 Å². The summed E-state index contributed by atoms with van der Waals surface area (Å²) in [4.78, 5) is 18.5. The monoisotopic (exact) mass is 270 g/mol. The van der Waals surface area contributed by atoms with Gasteiger partial charge in [-0.25, -0.2) is 9.78 Å². The Balaban J connectivity index is 0.00000162. The molecule has 18 heavy (non-hydrogen) atoms. The number of nitrogens with zero attached hydrogens (tertiary/aromatic N) is 1. The number of fused-ring (bicyclic) bond motifs is 1. The average Bonchev–Trinajstić information content (AvgIpc) is 2.71. The van der Waals surface area contributed by atoms with Crippen LogP contribution in [0.1, 0.15) is 35.9 Å². The molecular weight excluding hydrogens is 256 g/mol. The number of H-pyrrole nitrogens is 1. The van der Waals surface area contributed by atoms with Gasteiger partial charge in [0.05, 0.1) is 12.7 Å². The number of aromatic nitrogens is 2. The van der Waals surface area contributed by atoms with Crippen LogP contribution in [0.4, 0.5) is 0 Å². The summed E-state index contributed by atoms with van der Waals surface area (Å²) in [6, 6.07) is 3.14. The minimum atomic E-state index is -0.987. The fourth-order valence-electron chi connectivity index (χ4n) is 1.70. The molecule has 0 fully saturated rings. The van der Waals surface area contributed by atoms with Crippen molar-refractivity contribution in [2.24, 2.45) is 0 Å². The van der Waals surface area contributed by atoms with Crippen molar-refractivity contribution >= 4 is 29.4 Å². The Kier molecular flexibility index (Phi) is 4.19. The first-order chi connectivity index (χ1) is 8.04. The van der Waals surface area contributed by atoms with E-state index in [9.17, 15) is 4.79 Å². The highest BCUT2D eigenvalue weighted by atomic mass is 35.5. The lowest BCUT2D eigenvalue weighted by molar-refractivity contribution is 0.0699. The molecule has 1 aromatic carbocycles. The lowest BCUT2D eigenvalue weighted by atomic mass is 10.2. The third kappa shape index (κ3) is 2.26. The quantitative estimate of drug-likeness (QED) is 0.899. The summed E-state index contributed by atoms with van der Waals surface area (Å²) >= 11 is 0. The maximum atomic E-state index is 11.1. The molecule has 0 unspecified atom stereocenters. The Bertz CT molecular complexity index is 578. The van der Waals surface area contributed by atoms with E-state index >= 15 is 0 Å². The first-order valence-electron chi connectivity index (χ1n) is 5.34. The second kappa shape index (κ2) is 5.27. The molecule has 0 aliphatic heterocycles. The summed E-state index contributed by atoms with van der Waals surface area (Å²) < 4.78 is 5.19. The third-order valence-corrected chi connectivity index (χ3v) is 2.62. The maximum Gasteiger partial charge on any atom is 0.337 e. The van der Waals surface area contributed by atoms with Crippen molar-refractivity contribution in [1.29, 1.82) is 0 Å². The van der Waals surface area contributed by atoms with Gasteiger partial charge in [-0.1, -0.05) is 13.8 Å². The lowest BCUT2D eigenvalue weighted by Gasteiger charge is -2.02. The highest BCUT2D eigenvalue weighted by Crippen LogP contribution is 2.28. The van der Waals surface area contributed by atoms with Gasteiger partial charge in [0.1, 0.15) is 22.6 Å². The van der Waals surface area contributed by atoms with E-state index in [0.29, 0.717) is 16.8 Å². The van der Waals surface area contributed by atoms with Gasteiger partial charge in [0, 0.05) is 5.92 Å². The van der Waals surface area contributed by atoms with Crippen LogP contribution in [-0.4, -0.2) is 28.2 Å². The Hall–Kier alpha value is -1.75. The number of carboxylic acids is 1. The molecule has 98 valence electrons. The molecule has 0 spiro atoms. The van der Waals surface area contributed by atoms with Crippen LogP contribution in [0.15, 0.2) is 12.1 Å². The van der Waals surface area contributed by atoms with Gasteiger partial charge < -0.3 is 14.8 Å². The summed E-state index contributed by atoms with van der Waals surface area (Å²) in [5.41, 5.74) is 1.26. The smallest absolute Gasteiger partial charge is 0.337 e. The van der Waals surface area contributed by atoms with E-state index in [-0.39, 0.29) is 23.9 Å².